The van der Waals surface area contributed by atoms with Crippen molar-refractivity contribution in [3.05, 3.63) is 29.6 Å². The molecule has 1 nitrogen and oxygen atoms in total. The fourth-order valence-electron chi connectivity index (χ4n) is 0.830. The quantitative estimate of drug-likeness (QED) is 0.744. The second-order valence-electron chi connectivity index (χ2n) is 2.16. The van der Waals surface area contributed by atoms with Gasteiger partial charge in [0, 0.05) is 4.90 Å². The molecule has 1 aromatic carbocycles. The Labute approximate surface area is 83.0 Å². The van der Waals surface area contributed by atoms with Crippen molar-refractivity contribution in [2.75, 3.05) is 6.26 Å². The lowest BCUT2D eigenvalue weighted by molar-refractivity contribution is 0.281. The lowest BCUT2D eigenvalue weighted by Crippen LogP contribution is -1.85. The average Bonchev–Trinajstić information content (AvgIpc) is 2.20. The number of aliphatic hydroxyl groups excluding tert-OH is 1. The molecule has 74 valence electrons. The zero-order chi connectivity index (χ0) is 10.3. The number of aliphatic hydroxyl groups is 1. The highest BCUT2D eigenvalue weighted by molar-refractivity contribution is 7.98. The molecule has 0 aliphatic carbocycles. The van der Waals surface area contributed by atoms with E-state index in [0.29, 0.717) is 5.56 Å². The summed E-state index contributed by atoms with van der Waals surface area (Å²) in [6.45, 7) is 3.89. The van der Waals surface area contributed by atoms with Crippen molar-refractivity contribution in [2.45, 2.75) is 25.3 Å². The third-order valence-electron chi connectivity index (χ3n) is 1.35. The zero-order valence-corrected chi connectivity index (χ0v) is 8.99. The first-order valence-electron chi connectivity index (χ1n) is 4.20. The summed E-state index contributed by atoms with van der Waals surface area (Å²) in [6, 6.07) is 4.55. The first-order valence-corrected chi connectivity index (χ1v) is 5.43. The normalized spacial score (nSPS) is 9.00. The highest BCUT2D eigenvalue weighted by Crippen LogP contribution is 2.17. The molecular weight excluding hydrogens is 187 g/mol. The van der Waals surface area contributed by atoms with Gasteiger partial charge in [0.15, 0.2) is 0 Å². The smallest absolute Gasteiger partial charge is 0.124 e. The summed E-state index contributed by atoms with van der Waals surface area (Å²) < 4.78 is 12.7. The van der Waals surface area contributed by atoms with Crippen LogP contribution in [0.1, 0.15) is 19.4 Å². The first-order chi connectivity index (χ1) is 6.26. The Hall–Kier alpha value is -0.540. The van der Waals surface area contributed by atoms with Crippen molar-refractivity contribution < 1.29 is 9.50 Å². The second-order valence-corrected chi connectivity index (χ2v) is 3.04. The summed E-state index contributed by atoms with van der Waals surface area (Å²) in [5.74, 6) is -0.291. The van der Waals surface area contributed by atoms with E-state index < -0.39 is 0 Å². The largest absolute Gasteiger partial charge is 0.392 e. The highest BCUT2D eigenvalue weighted by Gasteiger charge is 1.97. The predicted molar refractivity (Wildman–Crippen MR) is 55.5 cm³/mol. The Morgan fingerprint density at radius 2 is 1.92 bits per heavy atom. The Kier molecular flexibility index (Phi) is 6.63. The van der Waals surface area contributed by atoms with E-state index in [1.807, 2.05) is 20.1 Å². The van der Waals surface area contributed by atoms with Crippen molar-refractivity contribution >= 4 is 11.8 Å². The van der Waals surface area contributed by atoms with Crippen molar-refractivity contribution in [1.82, 2.24) is 0 Å². The number of hydrogen-bond donors (Lipinski definition) is 1. The predicted octanol–water partition coefficient (Wildman–Crippen LogP) is 3.07. The summed E-state index contributed by atoms with van der Waals surface area (Å²) in [4.78, 5) is 0.842. The Morgan fingerprint density at radius 3 is 2.38 bits per heavy atom. The third-order valence-corrected chi connectivity index (χ3v) is 2.06. The molecule has 0 heterocycles. The average molecular weight is 202 g/mol. The molecule has 0 saturated carbocycles. The van der Waals surface area contributed by atoms with E-state index in [0.717, 1.165) is 4.90 Å². The lowest BCUT2D eigenvalue weighted by Gasteiger charge is -1.99. The van der Waals surface area contributed by atoms with Gasteiger partial charge in [-0.1, -0.05) is 13.8 Å². The molecule has 0 bridgehead atoms. The minimum Gasteiger partial charge on any atom is -0.392 e. The van der Waals surface area contributed by atoms with Crippen LogP contribution in [0, 0.1) is 5.82 Å². The Bertz CT molecular complexity index is 228. The van der Waals surface area contributed by atoms with Crippen LogP contribution < -0.4 is 0 Å². The molecule has 3 heteroatoms. The fourth-order valence-corrected chi connectivity index (χ4v) is 1.33. The summed E-state index contributed by atoms with van der Waals surface area (Å²) >= 11 is 1.46. The van der Waals surface area contributed by atoms with Crippen molar-refractivity contribution in [3.8, 4) is 0 Å². The van der Waals surface area contributed by atoms with Gasteiger partial charge in [-0.3, -0.25) is 0 Å². The van der Waals surface area contributed by atoms with E-state index in [1.54, 1.807) is 6.07 Å². The number of hydrogen-bond acceptors (Lipinski definition) is 2. The van der Waals surface area contributed by atoms with E-state index in [9.17, 15) is 4.39 Å². The molecular formula is C10H15FOS. The first kappa shape index (κ1) is 12.5. The SMILES string of the molecule is CC.CSc1cc(F)cc(CO)c1. The molecule has 1 rings (SSSR count). The van der Waals surface area contributed by atoms with Gasteiger partial charge in [0.25, 0.3) is 0 Å². The van der Waals surface area contributed by atoms with Gasteiger partial charge in [0.1, 0.15) is 5.82 Å². The van der Waals surface area contributed by atoms with E-state index in [2.05, 4.69) is 0 Å². The Balaban J connectivity index is 0.000000671. The van der Waals surface area contributed by atoms with Crippen LogP contribution >= 0.6 is 11.8 Å². The third kappa shape index (κ3) is 4.29. The zero-order valence-electron chi connectivity index (χ0n) is 8.17. The van der Waals surface area contributed by atoms with E-state index >= 15 is 0 Å². The minimum absolute atomic E-state index is 0.106. The molecule has 0 fully saturated rings. The van der Waals surface area contributed by atoms with Gasteiger partial charge >= 0.3 is 0 Å². The summed E-state index contributed by atoms with van der Waals surface area (Å²) in [5.41, 5.74) is 0.620. The van der Waals surface area contributed by atoms with Crippen LogP contribution in [0.3, 0.4) is 0 Å². The number of rotatable bonds is 2. The maximum atomic E-state index is 12.7. The van der Waals surface area contributed by atoms with Crippen molar-refractivity contribution in [2.24, 2.45) is 0 Å². The lowest BCUT2D eigenvalue weighted by atomic mass is 10.2. The van der Waals surface area contributed by atoms with Crippen LogP contribution in [0.5, 0.6) is 0 Å². The maximum absolute atomic E-state index is 12.7. The second kappa shape index (κ2) is 6.92. The molecule has 0 spiro atoms. The number of benzene rings is 1. The van der Waals surface area contributed by atoms with Crippen molar-refractivity contribution in [1.29, 1.82) is 0 Å². The molecule has 0 atom stereocenters. The number of halogens is 1. The molecule has 0 unspecified atom stereocenters. The van der Waals surface area contributed by atoms with E-state index in [-0.39, 0.29) is 12.4 Å². The molecule has 0 radical (unpaired) electrons. The van der Waals surface area contributed by atoms with Gasteiger partial charge in [-0.05, 0) is 30.0 Å². The topological polar surface area (TPSA) is 20.2 Å². The molecule has 0 saturated heterocycles. The Morgan fingerprint density at radius 1 is 1.31 bits per heavy atom. The molecule has 1 N–H and O–H groups in total. The van der Waals surface area contributed by atoms with Crippen LogP contribution in [-0.2, 0) is 6.61 Å². The highest BCUT2D eigenvalue weighted by atomic mass is 32.2. The summed E-state index contributed by atoms with van der Waals surface area (Å²) in [5, 5.41) is 8.71. The molecule has 0 aliphatic rings. The number of thioether (sulfide) groups is 1. The molecule has 0 amide bonds. The monoisotopic (exact) mass is 202 g/mol. The van der Waals surface area contributed by atoms with Crippen LogP contribution in [0.2, 0.25) is 0 Å². The molecule has 0 aliphatic heterocycles. The van der Waals surface area contributed by atoms with Crippen LogP contribution in [0.15, 0.2) is 23.1 Å². The van der Waals surface area contributed by atoms with Crippen LogP contribution in [0.25, 0.3) is 0 Å². The molecule has 0 aromatic heterocycles. The van der Waals surface area contributed by atoms with E-state index in [1.165, 1.54) is 23.9 Å². The van der Waals surface area contributed by atoms with Crippen molar-refractivity contribution in [3.63, 3.8) is 0 Å². The summed E-state index contributed by atoms with van der Waals surface area (Å²) in [6.07, 6.45) is 1.87. The molecule has 13 heavy (non-hydrogen) atoms. The van der Waals surface area contributed by atoms with Crippen LogP contribution in [0.4, 0.5) is 4.39 Å². The van der Waals surface area contributed by atoms with Gasteiger partial charge in [0.05, 0.1) is 6.61 Å². The van der Waals surface area contributed by atoms with Gasteiger partial charge in [-0.25, -0.2) is 4.39 Å². The standard InChI is InChI=1S/C8H9FOS.C2H6/c1-11-8-3-6(5-10)2-7(9)4-8;1-2/h2-4,10H,5H2,1H3;1-2H3. The van der Waals surface area contributed by atoms with E-state index in [4.69, 9.17) is 5.11 Å². The maximum Gasteiger partial charge on any atom is 0.124 e. The summed E-state index contributed by atoms with van der Waals surface area (Å²) in [7, 11) is 0. The van der Waals surface area contributed by atoms with Gasteiger partial charge in [-0.2, -0.15) is 0 Å². The van der Waals surface area contributed by atoms with Gasteiger partial charge < -0.3 is 5.11 Å². The van der Waals surface area contributed by atoms with Crippen LogP contribution in [-0.4, -0.2) is 11.4 Å². The molecule has 1 aromatic rings. The van der Waals surface area contributed by atoms with Gasteiger partial charge in [0.2, 0.25) is 0 Å². The fraction of sp³-hybridized carbons (Fsp3) is 0.400. The minimum atomic E-state index is -0.291. The van der Waals surface area contributed by atoms with Gasteiger partial charge in [-0.15, -0.1) is 11.8 Å².